The molecule has 0 aromatic heterocycles. The molecule has 3 aromatic rings. The quantitative estimate of drug-likeness (QED) is 0.220. The molecule has 0 saturated heterocycles. The summed E-state index contributed by atoms with van der Waals surface area (Å²) in [6.45, 7) is 5.46. The highest BCUT2D eigenvalue weighted by atomic mass is 19.2. The van der Waals surface area contributed by atoms with Gasteiger partial charge in [-0.15, -0.1) is 0 Å². The van der Waals surface area contributed by atoms with Crippen LogP contribution in [0.25, 0.3) is 22.3 Å². The molecule has 0 bridgehead atoms. The van der Waals surface area contributed by atoms with Crippen LogP contribution in [0.4, 0.5) is 8.78 Å². The molecule has 0 saturated carbocycles. The number of hydrogen-bond donors (Lipinski definition) is 0. The summed E-state index contributed by atoms with van der Waals surface area (Å²) in [6, 6.07) is 18.5. The van der Waals surface area contributed by atoms with E-state index in [-0.39, 0.29) is 11.3 Å². The first-order valence-corrected chi connectivity index (χ1v) is 12.6. The number of ether oxygens (including phenoxy) is 2. The Bertz CT molecular complexity index is 998. The minimum absolute atomic E-state index is 0.0228. The van der Waals surface area contributed by atoms with Crippen molar-refractivity contribution in [1.82, 2.24) is 0 Å². The van der Waals surface area contributed by atoms with Crippen molar-refractivity contribution in [2.75, 3.05) is 13.2 Å². The van der Waals surface area contributed by atoms with E-state index < -0.39 is 11.6 Å². The van der Waals surface area contributed by atoms with Gasteiger partial charge < -0.3 is 9.47 Å². The third kappa shape index (κ3) is 7.31. The van der Waals surface area contributed by atoms with Crippen molar-refractivity contribution in [2.24, 2.45) is 0 Å². The number of halogens is 2. The number of rotatable bonds is 14. The molecule has 3 aromatic carbocycles. The fourth-order valence-electron chi connectivity index (χ4n) is 3.88. The summed E-state index contributed by atoms with van der Waals surface area (Å²) in [4.78, 5) is 0. The van der Waals surface area contributed by atoms with Crippen molar-refractivity contribution >= 4 is 0 Å². The maximum atomic E-state index is 14.8. The van der Waals surface area contributed by atoms with Crippen molar-refractivity contribution in [3.63, 3.8) is 0 Å². The first-order chi connectivity index (χ1) is 16.6. The van der Waals surface area contributed by atoms with Gasteiger partial charge in [-0.25, -0.2) is 4.39 Å². The van der Waals surface area contributed by atoms with E-state index in [1.807, 2.05) is 48.5 Å². The standard InChI is InChI=1S/C30H36F2O2/c1-3-5-7-8-10-22-34-28-20-19-27(29(31)30(28)32)25-13-11-23(12-14-25)24-15-17-26(18-16-24)33-21-9-6-4-2/h11-20H,3-10,21-22H2,1-2H3. The lowest BCUT2D eigenvalue weighted by atomic mass is 9.99. The Morgan fingerprint density at radius 3 is 1.74 bits per heavy atom. The van der Waals surface area contributed by atoms with Crippen LogP contribution in [0, 0.1) is 11.6 Å². The molecule has 3 rings (SSSR count). The van der Waals surface area contributed by atoms with Gasteiger partial charge >= 0.3 is 0 Å². The van der Waals surface area contributed by atoms with E-state index in [1.165, 1.54) is 31.7 Å². The van der Waals surface area contributed by atoms with Crippen LogP contribution < -0.4 is 9.47 Å². The summed E-state index contributed by atoms with van der Waals surface area (Å²) in [6.07, 6.45) is 8.79. The molecule has 0 heterocycles. The summed E-state index contributed by atoms with van der Waals surface area (Å²) in [7, 11) is 0. The maximum Gasteiger partial charge on any atom is 0.201 e. The van der Waals surface area contributed by atoms with E-state index >= 15 is 0 Å². The van der Waals surface area contributed by atoms with E-state index in [1.54, 1.807) is 6.07 Å². The second kappa shape index (κ2) is 13.7. The largest absolute Gasteiger partial charge is 0.494 e. The topological polar surface area (TPSA) is 18.5 Å². The van der Waals surface area contributed by atoms with Gasteiger partial charge in [0, 0.05) is 5.56 Å². The molecule has 0 amide bonds. The Morgan fingerprint density at radius 2 is 1.06 bits per heavy atom. The van der Waals surface area contributed by atoms with Crippen molar-refractivity contribution in [1.29, 1.82) is 0 Å². The molecule has 0 aliphatic carbocycles. The lowest BCUT2D eigenvalue weighted by Gasteiger charge is -2.11. The van der Waals surface area contributed by atoms with Crippen LogP contribution in [0.3, 0.4) is 0 Å². The molecule has 0 aliphatic rings. The molecule has 34 heavy (non-hydrogen) atoms. The highest BCUT2D eigenvalue weighted by Crippen LogP contribution is 2.32. The Kier molecular flexibility index (Phi) is 10.4. The van der Waals surface area contributed by atoms with Gasteiger partial charge in [0.15, 0.2) is 11.6 Å². The molecule has 0 aliphatic heterocycles. The van der Waals surface area contributed by atoms with E-state index in [4.69, 9.17) is 9.47 Å². The van der Waals surface area contributed by atoms with Crippen LogP contribution in [0.1, 0.15) is 65.2 Å². The average Bonchev–Trinajstić information content (AvgIpc) is 2.87. The predicted octanol–water partition coefficient (Wildman–Crippen LogP) is 9.22. The van der Waals surface area contributed by atoms with Gasteiger partial charge in [-0.1, -0.05) is 88.8 Å². The second-order valence-electron chi connectivity index (χ2n) is 8.66. The van der Waals surface area contributed by atoms with Crippen LogP contribution in [0.15, 0.2) is 60.7 Å². The van der Waals surface area contributed by atoms with Gasteiger partial charge in [0.25, 0.3) is 0 Å². The highest BCUT2D eigenvalue weighted by molar-refractivity contribution is 5.71. The first kappa shape index (κ1) is 25.7. The molecule has 4 heteroatoms. The smallest absolute Gasteiger partial charge is 0.201 e. The molecular weight excluding hydrogens is 430 g/mol. The van der Waals surface area contributed by atoms with E-state index in [9.17, 15) is 8.78 Å². The molecular formula is C30H36F2O2. The average molecular weight is 467 g/mol. The van der Waals surface area contributed by atoms with Gasteiger partial charge in [0.1, 0.15) is 5.75 Å². The second-order valence-corrected chi connectivity index (χ2v) is 8.66. The maximum absolute atomic E-state index is 14.8. The summed E-state index contributed by atoms with van der Waals surface area (Å²) in [5.74, 6) is -0.965. The van der Waals surface area contributed by atoms with Gasteiger partial charge in [-0.3, -0.25) is 0 Å². The Labute approximate surface area is 202 Å². The summed E-state index contributed by atoms with van der Waals surface area (Å²) >= 11 is 0. The zero-order valence-electron chi connectivity index (χ0n) is 20.4. The molecule has 0 radical (unpaired) electrons. The third-order valence-electron chi connectivity index (χ3n) is 5.95. The molecule has 0 unspecified atom stereocenters. The van der Waals surface area contributed by atoms with Gasteiger partial charge in [-0.05, 0) is 53.8 Å². The summed E-state index contributed by atoms with van der Waals surface area (Å²) in [5, 5.41) is 0. The number of benzene rings is 3. The number of hydrogen-bond acceptors (Lipinski definition) is 2. The van der Waals surface area contributed by atoms with Gasteiger partial charge in [0.05, 0.1) is 13.2 Å². The molecule has 0 N–H and O–H groups in total. The Balaban J connectivity index is 1.61. The predicted molar refractivity (Wildman–Crippen MR) is 137 cm³/mol. The van der Waals surface area contributed by atoms with Crippen LogP contribution in [-0.4, -0.2) is 13.2 Å². The van der Waals surface area contributed by atoms with Crippen LogP contribution in [0.5, 0.6) is 11.5 Å². The van der Waals surface area contributed by atoms with Crippen LogP contribution in [0.2, 0.25) is 0 Å². The molecule has 0 fully saturated rings. The minimum atomic E-state index is -0.926. The van der Waals surface area contributed by atoms with Crippen molar-refractivity contribution in [3.05, 3.63) is 72.3 Å². The van der Waals surface area contributed by atoms with Crippen molar-refractivity contribution < 1.29 is 18.3 Å². The van der Waals surface area contributed by atoms with Crippen molar-refractivity contribution in [3.8, 4) is 33.8 Å². The van der Waals surface area contributed by atoms with Crippen molar-refractivity contribution in [2.45, 2.75) is 65.2 Å². The Hall–Kier alpha value is -2.88. The third-order valence-corrected chi connectivity index (χ3v) is 5.95. The zero-order chi connectivity index (χ0) is 24.2. The SMILES string of the molecule is CCCCCCCOc1ccc(-c2ccc(-c3ccc(OCCCCC)cc3)cc2)c(F)c1F. The fourth-order valence-corrected chi connectivity index (χ4v) is 3.88. The van der Waals surface area contributed by atoms with E-state index in [0.717, 1.165) is 49.2 Å². The molecule has 2 nitrogen and oxygen atoms in total. The highest BCUT2D eigenvalue weighted by Gasteiger charge is 2.16. The normalized spacial score (nSPS) is 10.9. The first-order valence-electron chi connectivity index (χ1n) is 12.6. The molecule has 182 valence electrons. The summed E-state index contributed by atoms with van der Waals surface area (Å²) < 4.78 is 40.6. The molecule has 0 atom stereocenters. The molecule has 0 spiro atoms. The van der Waals surface area contributed by atoms with E-state index in [0.29, 0.717) is 12.2 Å². The lowest BCUT2D eigenvalue weighted by molar-refractivity contribution is 0.285. The number of unbranched alkanes of at least 4 members (excludes halogenated alkanes) is 6. The van der Waals surface area contributed by atoms with Crippen LogP contribution >= 0.6 is 0 Å². The van der Waals surface area contributed by atoms with Crippen LogP contribution in [-0.2, 0) is 0 Å². The Morgan fingerprint density at radius 1 is 0.529 bits per heavy atom. The fraction of sp³-hybridized carbons (Fsp3) is 0.400. The monoisotopic (exact) mass is 466 g/mol. The lowest BCUT2D eigenvalue weighted by Crippen LogP contribution is -2.01. The minimum Gasteiger partial charge on any atom is -0.494 e. The summed E-state index contributed by atoms with van der Waals surface area (Å²) in [5.41, 5.74) is 2.91. The van der Waals surface area contributed by atoms with Gasteiger partial charge in [0.2, 0.25) is 5.82 Å². The zero-order valence-corrected chi connectivity index (χ0v) is 20.4. The van der Waals surface area contributed by atoms with Gasteiger partial charge in [-0.2, -0.15) is 4.39 Å². The van der Waals surface area contributed by atoms with E-state index in [2.05, 4.69) is 13.8 Å².